The van der Waals surface area contributed by atoms with Crippen LogP contribution >= 0.6 is 24.0 Å². The molecular formula is C15H27IN4. The molecule has 0 aliphatic carbocycles. The quantitative estimate of drug-likeness (QED) is 0.427. The monoisotopic (exact) mass is 390 g/mol. The third-order valence-corrected chi connectivity index (χ3v) is 2.97. The van der Waals surface area contributed by atoms with Crippen LogP contribution in [0.2, 0.25) is 0 Å². The van der Waals surface area contributed by atoms with Gasteiger partial charge in [0.25, 0.3) is 0 Å². The van der Waals surface area contributed by atoms with Gasteiger partial charge < -0.3 is 11.1 Å². The van der Waals surface area contributed by atoms with Gasteiger partial charge in [0.05, 0.1) is 6.54 Å². The number of aromatic nitrogens is 1. The topological polar surface area (TPSA) is 63.3 Å². The Hall–Kier alpha value is -0.850. The van der Waals surface area contributed by atoms with Crippen LogP contribution in [-0.2, 0) is 6.54 Å². The number of pyridine rings is 1. The van der Waals surface area contributed by atoms with Crippen LogP contribution in [0.3, 0.4) is 0 Å². The summed E-state index contributed by atoms with van der Waals surface area (Å²) in [6, 6.07) is 4.27. The predicted molar refractivity (Wildman–Crippen MR) is 96.3 cm³/mol. The van der Waals surface area contributed by atoms with E-state index >= 15 is 0 Å². The van der Waals surface area contributed by atoms with Crippen molar-refractivity contribution in [3.05, 3.63) is 30.1 Å². The SMILES string of the molecule is CC(C)CCCC(C)NC(N)=NCc1cccnc1.I. The van der Waals surface area contributed by atoms with Gasteiger partial charge in [0.1, 0.15) is 0 Å². The average molecular weight is 390 g/mol. The van der Waals surface area contributed by atoms with E-state index in [2.05, 4.69) is 36.1 Å². The summed E-state index contributed by atoms with van der Waals surface area (Å²) in [5.74, 6) is 1.28. The summed E-state index contributed by atoms with van der Waals surface area (Å²) in [6.07, 6.45) is 7.18. The molecule has 0 spiro atoms. The third-order valence-electron chi connectivity index (χ3n) is 2.97. The number of nitrogens with zero attached hydrogens (tertiary/aromatic N) is 2. The Bertz CT molecular complexity index is 379. The highest BCUT2D eigenvalue weighted by molar-refractivity contribution is 14.0. The van der Waals surface area contributed by atoms with Gasteiger partial charge in [0, 0.05) is 18.4 Å². The summed E-state index contributed by atoms with van der Waals surface area (Å²) in [5, 5.41) is 3.23. The Morgan fingerprint density at radius 1 is 1.35 bits per heavy atom. The minimum atomic E-state index is 0. The van der Waals surface area contributed by atoms with Crippen LogP contribution in [0.5, 0.6) is 0 Å². The van der Waals surface area contributed by atoms with Crippen molar-refractivity contribution in [2.75, 3.05) is 0 Å². The maximum Gasteiger partial charge on any atom is 0.189 e. The van der Waals surface area contributed by atoms with Crippen molar-refractivity contribution in [1.82, 2.24) is 10.3 Å². The summed E-state index contributed by atoms with van der Waals surface area (Å²) in [6.45, 7) is 7.22. The minimum absolute atomic E-state index is 0. The molecule has 1 aromatic heterocycles. The molecule has 0 aliphatic rings. The van der Waals surface area contributed by atoms with Crippen molar-refractivity contribution in [3.8, 4) is 0 Å². The van der Waals surface area contributed by atoms with E-state index < -0.39 is 0 Å². The molecule has 1 heterocycles. The first-order valence-corrected chi connectivity index (χ1v) is 7.03. The maximum absolute atomic E-state index is 5.87. The molecule has 0 aliphatic heterocycles. The molecular weight excluding hydrogens is 363 g/mol. The highest BCUT2D eigenvalue weighted by atomic mass is 127. The summed E-state index contributed by atoms with van der Waals surface area (Å²) in [4.78, 5) is 8.37. The van der Waals surface area contributed by atoms with Crippen LogP contribution in [0.15, 0.2) is 29.5 Å². The van der Waals surface area contributed by atoms with E-state index in [0.717, 1.165) is 17.9 Å². The first-order chi connectivity index (χ1) is 9.08. The highest BCUT2D eigenvalue weighted by Gasteiger charge is 2.03. The second-order valence-corrected chi connectivity index (χ2v) is 5.43. The predicted octanol–water partition coefficient (Wildman–Crippen LogP) is 3.32. The van der Waals surface area contributed by atoms with Crippen molar-refractivity contribution in [2.45, 2.75) is 52.6 Å². The van der Waals surface area contributed by atoms with Gasteiger partial charge in [-0.25, -0.2) is 4.99 Å². The summed E-state index contributed by atoms with van der Waals surface area (Å²) >= 11 is 0. The number of hydrogen-bond acceptors (Lipinski definition) is 2. The Morgan fingerprint density at radius 2 is 2.10 bits per heavy atom. The average Bonchev–Trinajstić information content (AvgIpc) is 2.37. The van der Waals surface area contributed by atoms with E-state index in [1.54, 1.807) is 6.20 Å². The van der Waals surface area contributed by atoms with Crippen LogP contribution in [0.25, 0.3) is 0 Å². The summed E-state index contributed by atoms with van der Waals surface area (Å²) in [5.41, 5.74) is 6.94. The van der Waals surface area contributed by atoms with Crippen molar-refractivity contribution in [3.63, 3.8) is 0 Å². The van der Waals surface area contributed by atoms with E-state index in [0.29, 0.717) is 18.5 Å². The fraction of sp³-hybridized carbons (Fsp3) is 0.600. The molecule has 1 aromatic rings. The Labute approximate surface area is 139 Å². The van der Waals surface area contributed by atoms with Crippen LogP contribution < -0.4 is 11.1 Å². The standard InChI is InChI=1S/C15H26N4.HI/c1-12(2)6-4-7-13(3)19-15(16)18-11-14-8-5-9-17-10-14;/h5,8-10,12-13H,4,6-7,11H2,1-3H3,(H3,16,18,19);1H. The van der Waals surface area contributed by atoms with E-state index in [1.165, 1.54) is 12.8 Å². The van der Waals surface area contributed by atoms with Crippen molar-refractivity contribution >= 4 is 29.9 Å². The van der Waals surface area contributed by atoms with E-state index in [9.17, 15) is 0 Å². The third kappa shape index (κ3) is 9.12. The first kappa shape index (κ1) is 19.1. The van der Waals surface area contributed by atoms with Gasteiger partial charge in [-0.3, -0.25) is 4.98 Å². The molecule has 1 atom stereocenters. The van der Waals surface area contributed by atoms with Gasteiger partial charge in [-0.2, -0.15) is 0 Å². The van der Waals surface area contributed by atoms with Gasteiger partial charge in [-0.1, -0.05) is 32.8 Å². The molecule has 114 valence electrons. The lowest BCUT2D eigenvalue weighted by molar-refractivity contribution is 0.493. The zero-order valence-corrected chi connectivity index (χ0v) is 15.0. The van der Waals surface area contributed by atoms with Crippen LogP contribution in [-0.4, -0.2) is 17.0 Å². The van der Waals surface area contributed by atoms with E-state index in [4.69, 9.17) is 5.73 Å². The van der Waals surface area contributed by atoms with Crippen LogP contribution in [0.1, 0.15) is 45.6 Å². The van der Waals surface area contributed by atoms with Crippen molar-refractivity contribution < 1.29 is 0 Å². The van der Waals surface area contributed by atoms with E-state index in [1.807, 2.05) is 18.3 Å². The number of nitrogens with one attached hydrogen (secondary N) is 1. The van der Waals surface area contributed by atoms with Gasteiger partial charge in [-0.05, 0) is 30.9 Å². The van der Waals surface area contributed by atoms with E-state index in [-0.39, 0.29) is 24.0 Å². The van der Waals surface area contributed by atoms with Crippen LogP contribution in [0.4, 0.5) is 0 Å². The van der Waals surface area contributed by atoms with Gasteiger partial charge in [0.15, 0.2) is 5.96 Å². The second kappa shape index (κ2) is 10.9. The van der Waals surface area contributed by atoms with Gasteiger partial charge in [0.2, 0.25) is 0 Å². The number of nitrogens with two attached hydrogens (primary N) is 1. The summed E-state index contributed by atoms with van der Waals surface area (Å²) < 4.78 is 0. The first-order valence-electron chi connectivity index (χ1n) is 7.03. The molecule has 0 saturated carbocycles. The lowest BCUT2D eigenvalue weighted by Crippen LogP contribution is -2.38. The number of aliphatic imine (C=N–C) groups is 1. The Balaban J connectivity index is 0.00000361. The van der Waals surface area contributed by atoms with Crippen LogP contribution in [0, 0.1) is 5.92 Å². The lowest BCUT2D eigenvalue weighted by atomic mass is 10.0. The molecule has 0 fully saturated rings. The summed E-state index contributed by atoms with van der Waals surface area (Å²) in [7, 11) is 0. The Morgan fingerprint density at radius 3 is 2.70 bits per heavy atom. The molecule has 0 bridgehead atoms. The molecule has 3 N–H and O–H groups in total. The fourth-order valence-corrected chi connectivity index (χ4v) is 1.87. The van der Waals surface area contributed by atoms with Crippen molar-refractivity contribution in [2.24, 2.45) is 16.6 Å². The van der Waals surface area contributed by atoms with Gasteiger partial charge >= 0.3 is 0 Å². The molecule has 1 unspecified atom stereocenters. The fourth-order valence-electron chi connectivity index (χ4n) is 1.87. The molecule has 0 amide bonds. The number of hydrogen-bond donors (Lipinski definition) is 2. The smallest absolute Gasteiger partial charge is 0.189 e. The molecule has 0 radical (unpaired) electrons. The maximum atomic E-state index is 5.87. The van der Waals surface area contributed by atoms with Gasteiger partial charge in [-0.15, -0.1) is 24.0 Å². The minimum Gasteiger partial charge on any atom is -0.370 e. The normalized spacial score (nSPS) is 12.9. The zero-order valence-electron chi connectivity index (χ0n) is 12.7. The zero-order chi connectivity index (χ0) is 14.1. The number of guanidine groups is 1. The van der Waals surface area contributed by atoms with Crippen molar-refractivity contribution in [1.29, 1.82) is 0 Å². The number of halogens is 1. The number of rotatable bonds is 7. The molecule has 1 rings (SSSR count). The lowest BCUT2D eigenvalue weighted by Gasteiger charge is -2.15. The molecule has 20 heavy (non-hydrogen) atoms. The molecule has 0 aromatic carbocycles. The molecule has 0 saturated heterocycles. The molecule has 4 nitrogen and oxygen atoms in total. The highest BCUT2D eigenvalue weighted by Crippen LogP contribution is 2.08. The Kier molecular flexibility index (Phi) is 10.4. The largest absolute Gasteiger partial charge is 0.370 e. The second-order valence-electron chi connectivity index (χ2n) is 5.43. The molecule has 5 heteroatoms.